The zero-order valence-corrected chi connectivity index (χ0v) is 18.6. The molecule has 0 radical (unpaired) electrons. The van der Waals surface area contributed by atoms with E-state index in [2.05, 4.69) is 15.6 Å². The van der Waals surface area contributed by atoms with Crippen LogP contribution in [-0.4, -0.2) is 49.0 Å². The molecule has 1 saturated heterocycles. The Bertz CT molecular complexity index is 966. The van der Waals surface area contributed by atoms with E-state index in [-0.39, 0.29) is 24.3 Å². The van der Waals surface area contributed by atoms with Crippen molar-refractivity contribution in [3.8, 4) is 5.75 Å². The number of anilines is 1. The molecule has 2 amide bonds. The monoisotopic (exact) mass is 459 g/mol. The summed E-state index contributed by atoms with van der Waals surface area (Å²) in [5.74, 6) is -0.157. The Morgan fingerprint density at radius 3 is 2.59 bits per heavy atom. The van der Waals surface area contributed by atoms with Crippen LogP contribution in [0.1, 0.15) is 41.6 Å². The highest BCUT2D eigenvalue weighted by molar-refractivity contribution is 6.30. The quantitative estimate of drug-likeness (QED) is 0.687. The molecule has 2 aliphatic rings. The molecular weight excluding hydrogens is 434 g/mol. The summed E-state index contributed by atoms with van der Waals surface area (Å²) in [6, 6.07) is 8.46. The largest absolute Gasteiger partial charge is 0.496 e. The van der Waals surface area contributed by atoms with Crippen LogP contribution in [-0.2, 0) is 20.7 Å². The Hall–Kier alpha value is -2.68. The number of carbonyl (C=O) groups excluding carboxylic acids is 2. The van der Waals surface area contributed by atoms with Gasteiger partial charge in [0.05, 0.1) is 31.8 Å². The van der Waals surface area contributed by atoms with Gasteiger partial charge in [0.2, 0.25) is 5.91 Å². The maximum atomic E-state index is 13.1. The highest BCUT2D eigenvalue weighted by Gasteiger charge is 2.40. The van der Waals surface area contributed by atoms with E-state index in [9.17, 15) is 9.59 Å². The lowest BCUT2D eigenvalue weighted by Gasteiger charge is -2.35. The molecule has 8 nitrogen and oxygen atoms in total. The van der Waals surface area contributed by atoms with Crippen LogP contribution in [0.4, 0.5) is 5.82 Å². The first kappa shape index (κ1) is 22.5. The number of rotatable bonds is 6. The minimum atomic E-state index is -0.476. The van der Waals surface area contributed by atoms with Gasteiger partial charge in [0, 0.05) is 36.2 Å². The van der Waals surface area contributed by atoms with Crippen molar-refractivity contribution in [2.45, 2.75) is 43.9 Å². The van der Waals surface area contributed by atoms with Crippen molar-refractivity contribution in [1.82, 2.24) is 10.3 Å². The molecule has 1 aliphatic carbocycles. The summed E-state index contributed by atoms with van der Waals surface area (Å²) in [7, 11) is 1.52. The molecule has 1 saturated carbocycles. The first-order chi connectivity index (χ1) is 15.5. The molecule has 0 bridgehead atoms. The molecule has 32 heavy (non-hydrogen) atoms. The van der Waals surface area contributed by atoms with Crippen LogP contribution >= 0.6 is 11.6 Å². The lowest BCUT2D eigenvalue weighted by molar-refractivity contribution is -0.179. The minimum Gasteiger partial charge on any atom is -0.496 e. The number of benzene rings is 1. The van der Waals surface area contributed by atoms with Crippen molar-refractivity contribution in [2.75, 3.05) is 25.6 Å². The Labute approximate surface area is 191 Å². The van der Waals surface area contributed by atoms with Gasteiger partial charge in [-0.25, -0.2) is 4.98 Å². The van der Waals surface area contributed by atoms with Crippen LogP contribution in [0.3, 0.4) is 0 Å². The average molecular weight is 460 g/mol. The smallest absolute Gasteiger partial charge is 0.251 e. The number of halogens is 1. The molecule has 2 fully saturated rings. The maximum absolute atomic E-state index is 13.1. The first-order valence-corrected chi connectivity index (χ1v) is 11.0. The van der Waals surface area contributed by atoms with E-state index in [0.717, 1.165) is 25.7 Å². The zero-order valence-electron chi connectivity index (χ0n) is 17.9. The van der Waals surface area contributed by atoms with Gasteiger partial charge in [-0.05, 0) is 37.1 Å². The average Bonchev–Trinajstić information content (AvgIpc) is 3.25. The molecule has 2 N–H and O–H groups in total. The number of ether oxygens (including phenoxy) is 3. The molecule has 1 aromatic heterocycles. The zero-order chi connectivity index (χ0) is 22.6. The molecule has 1 spiro atoms. The van der Waals surface area contributed by atoms with Crippen LogP contribution in [0.25, 0.3) is 0 Å². The summed E-state index contributed by atoms with van der Waals surface area (Å²) in [6.07, 6.45) is 4.46. The van der Waals surface area contributed by atoms with Crippen LogP contribution in [0.2, 0.25) is 5.02 Å². The third-order valence-electron chi connectivity index (χ3n) is 5.83. The number of hydrogen-bond donors (Lipinski definition) is 2. The van der Waals surface area contributed by atoms with E-state index < -0.39 is 5.79 Å². The fourth-order valence-electron chi connectivity index (χ4n) is 4.20. The van der Waals surface area contributed by atoms with Gasteiger partial charge < -0.3 is 24.8 Å². The molecule has 2 aromatic rings. The van der Waals surface area contributed by atoms with Crippen molar-refractivity contribution >= 4 is 29.2 Å². The summed E-state index contributed by atoms with van der Waals surface area (Å²) in [5, 5.41) is 6.30. The normalized spacial score (nSPS) is 17.8. The van der Waals surface area contributed by atoms with Gasteiger partial charge >= 0.3 is 0 Å². The van der Waals surface area contributed by atoms with Gasteiger partial charge in [-0.3, -0.25) is 9.59 Å². The summed E-state index contributed by atoms with van der Waals surface area (Å²) >= 11 is 5.84. The molecule has 4 rings (SSSR count). The Kier molecular flexibility index (Phi) is 6.93. The van der Waals surface area contributed by atoms with Crippen LogP contribution in [0.15, 0.2) is 36.5 Å². The van der Waals surface area contributed by atoms with Crippen molar-refractivity contribution < 1.29 is 23.8 Å². The number of pyridine rings is 1. The van der Waals surface area contributed by atoms with Gasteiger partial charge in [-0.15, -0.1) is 0 Å². The van der Waals surface area contributed by atoms with E-state index in [1.165, 1.54) is 13.3 Å². The lowest BCUT2D eigenvalue weighted by Crippen LogP contribution is -2.44. The Morgan fingerprint density at radius 2 is 1.94 bits per heavy atom. The van der Waals surface area contributed by atoms with E-state index in [1.807, 2.05) is 0 Å². The summed E-state index contributed by atoms with van der Waals surface area (Å²) in [6.45, 7) is 1.25. The van der Waals surface area contributed by atoms with Gasteiger partial charge in [0.25, 0.3) is 5.91 Å². The lowest BCUT2D eigenvalue weighted by atomic mass is 9.89. The Balaban J connectivity index is 1.43. The minimum absolute atomic E-state index is 0.0204. The highest BCUT2D eigenvalue weighted by Crippen LogP contribution is 2.36. The van der Waals surface area contributed by atoms with E-state index in [1.54, 1.807) is 30.3 Å². The number of nitrogens with one attached hydrogen (secondary N) is 2. The number of nitrogens with zero attached hydrogens (tertiary/aromatic N) is 1. The predicted octanol–water partition coefficient (Wildman–Crippen LogP) is 3.34. The third kappa shape index (κ3) is 5.20. The molecular formula is C23H26ClN3O5. The number of carbonyl (C=O) groups is 2. The fourth-order valence-corrected chi connectivity index (χ4v) is 4.31. The second-order valence-electron chi connectivity index (χ2n) is 7.93. The molecule has 9 heteroatoms. The maximum Gasteiger partial charge on any atom is 0.251 e. The summed E-state index contributed by atoms with van der Waals surface area (Å²) in [4.78, 5) is 29.8. The van der Waals surface area contributed by atoms with E-state index >= 15 is 0 Å². The molecule has 1 aliphatic heterocycles. The number of amides is 2. The van der Waals surface area contributed by atoms with Gasteiger partial charge in [0.1, 0.15) is 11.6 Å². The molecule has 2 heterocycles. The van der Waals surface area contributed by atoms with Crippen molar-refractivity contribution in [2.24, 2.45) is 0 Å². The standard InChI is InChI=1S/C23H26ClN3O5/c1-30-19-4-2-3-17(18(19)13-21(28)27-20-6-5-15(24)14-25-20)22(29)26-16-7-9-23(10-8-16)31-11-12-32-23/h2-6,14,16H,7-13H2,1H3,(H,26,29)(H,25,27,28). The summed E-state index contributed by atoms with van der Waals surface area (Å²) in [5.41, 5.74) is 0.936. The van der Waals surface area contributed by atoms with E-state index in [0.29, 0.717) is 40.9 Å². The van der Waals surface area contributed by atoms with Gasteiger partial charge in [-0.1, -0.05) is 17.7 Å². The van der Waals surface area contributed by atoms with Gasteiger partial charge in [0.15, 0.2) is 5.79 Å². The summed E-state index contributed by atoms with van der Waals surface area (Å²) < 4.78 is 16.9. The fraction of sp³-hybridized carbons (Fsp3) is 0.435. The number of hydrogen-bond acceptors (Lipinski definition) is 6. The molecule has 1 aromatic carbocycles. The third-order valence-corrected chi connectivity index (χ3v) is 6.05. The second kappa shape index (κ2) is 9.85. The SMILES string of the molecule is COc1cccc(C(=O)NC2CCC3(CC2)OCCO3)c1CC(=O)Nc1ccc(Cl)cn1. The highest BCUT2D eigenvalue weighted by atomic mass is 35.5. The van der Waals surface area contributed by atoms with E-state index in [4.69, 9.17) is 25.8 Å². The number of aromatic nitrogens is 1. The van der Waals surface area contributed by atoms with Crippen LogP contribution < -0.4 is 15.4 Å². The van der Waals surface area contributed by atoms with Crippen LogP contribution in [0.5, 0.6) is 5.75 Å². The van der Waals surface area contributed by atoms with Crippen molar-refractivity contribution in [1.29, 1.82) is 0 Å². The first-order valence-electron chi connectivity index (χ1n) is 10.6. The predicted molar refractivity (Wildman–Crippen MR) is 119 cm³/mol. The van der Waals surface area contributed by atoms with Crippen molar-refractivity contribution in [3.05, 3.63) is 52.7 Å². The van der Waals surface area contributed by atoms with Crippen LogP contribution in [0, 0.1) is 0 Å². The molecule has 0 unspecified atom stereocenters. The molecule has 170 valence electrons. The topological polar surface area (TPSA) is 98.8 Å². The van der Waals surface area contributed by atoms with Crippen molar-refractivity contribution in [3.63, 3.8) is 0 Å². The molecule has 0 atom stereocenters. The Morgan fingerprint density at radius 1 is 1.19 bits per heavy atom. The second-order valence-corrected chi connectivity index (χ2v) is 8.36. The van der Waals surface area contributed by atoms with Gasteiger partial charge in [-0.2, -0.15) is 0 Å². The number of methoxy groups -OCH3 is 1.